The van der Waals surface area contributed by atoms with Gasteiger partial charge < -0.3 is 10.1 Å². The van der Waals surface area contributed by atoms with Crippen molar-refractivity contribution in [3.05, 3.63) is 82.0 Å². The van der Waals surface area contributed by atoms with Crippen molar-refractivity contribution in [1.82, 2.24) is 19.7 Å². The van der Waals surface area contributed by atoms with Gasteiger partial charge in [-0.3, -0.25) is 13.9 Å². The largest absolute Gasteiger partial charge is 0.475 e. The van der Waals surface area contributed by atoms with Crippen molar-refractivity contribution in [2.45, 2.75) is 4.90 Å². The van der Waals surface area contributed by atoms with Crippen molar-refractivity contribution in [3.63, 3.8) is 0 Å². The third kappa shape index (κ3) is 5.24. The van der Waals surface area contributed by atoms with Crippen molar-refractivity contribution in [3.8, 4) is 17.0 Å². The fraction of sp³-hybridized carbons (Fsp3) is 0.136. The molecule has 0 fully saturated rings. The number of likely N-dealkylation sites (N-methyl/N-ethyl adjacent to an activating group) is 1. The van der Waals surface area contributed by atoms with Gasteiger partial charge in [0.2, 0.25) is 5.88 Å². The Morgan fingerprint density at radius 1 is 1.09 bits per heavy atom. The third-order valence-corrected chi connectivity index (χ3v) is 6.52. The lowest BCUT2D eigenvalue weighted by molar-refractivity contribution is 0.308. The Labute approximate surface area is 203 Å². The number of aromatic nitrogens is 3. The number of sulfonamides is 1. The predicted molar refractivity (Wildman–Crippen MR) is 126 cm³/mol. The summed E-state index contributed by atoms with van der Waals surface area (Å²) in [7, 11) is -2.76. The Morgan fingerprint density at radius 2 is 1.89 bits per heavy atom. The second kappa shape index (κ2) is 9.94. The summed E-state index contributed by atoms with van der Waals surface area (Å²) in [5.74, 6) is -2.22. The molecule has 9 nitrogen and oxygen atoms in total. The van der Waals surface area contributed by atoms with Gasteiger partial charge in [0.15, 0.2) is 0 Å². The zero-order valence-electron chi connectivity index (χ0n) is 18.1. The summed E-state index contributed by atoms with van der Waals surface area (Å²) in [5, 5.41) is 2.81. The zero-order chi connectivity index (χ0) is 25.2. The van der Waals surface area contributed by atoms with E-state index >= 15 is 0 Å². The van der Waals surface area contributed by atoms with E-state index in [1.807, 2.05) is 0 Å². The predicted octanol–water partition coefficient (Wildman–Crippen LogP) is 3.09. The number of pyridine rings is 2. The zero-order valence-corrected chi connectivity index (χ0v) is 19.7. The summed E-state index contributed by atoms with van der Waals surface area (Å²) < 4.78 is 62.3. The molecule has 0 bridgehead atoms. The Balaban J connectivity index is 1.78. The van der Waals surface area contributed by atoms with Gasteiger partial charge in [0.05, 0.1) is 6.20 Å². The monoisotopic (exact) mass is 521 g/mol. The summed E-state index contributed by atoms with van der Waals surface area (Å²) in [5.41, 5.74) is 0.699. The van der Waals surface area contributed by atoms with Crippen LogP contribution in [-0.2, 0) is 10.0 Å². The second-order valence-corrected chi connectivity index (χ2v) is 9.32. The van der Waals surface area contributed by atoms with Gasteiger partial charge in [0, 0.05) is 36.1 Å². The van der Waals surface area contributed by atoms with Gasteiger partial charge in [-0.2, -0.15) is 0 Å². The molecule has 0 spiro atoms. The van der Waals surface area contributed by atoms with Gasteiger partial charge in [-0.15, -0.1) is 0 Å². The highest BCUT2D eigenvalue weighted by molar-refractivity contribution is 7.92. The van der Waals surface area contributed by atoms with Gasteiger partial charge >= 0.3 is 0 Å². The normalized spacial score (nSPS) is 11.5. The summed E-state index contributed by atoms with van der Waals surface area (Å²) in [6, 6.07) is 6.79. The molecule has 1 aromatic carbocycles. The van der Waals surface area contributed by atoms with Crippen LogP contribution in [0.2, 0.25) is 5.02 Å². The molecular weight excluding hydrogens is 504 g/mol. The highest BCUT2D eigenvalue weighted by atomic mass is 35.5. The van der Waals surface area contributed by atoms with E-state index in [0.717, 1.165) is 12.1 Å². The Hall–Kier alpha value is -3.61. The number of nitrogens with zero attached hydrogens (tertiary/aromatic N) is 3. The van der Waals surface area contributed by atoms with E-state index in [0.29, 0.717) is 29.4 Å². The van der Waals surface area contributed by atoms with Crippen molar-refractivity contribution in [2.24, 2.45) is 0 Å². The molecule has 3 aromatic heterocycles. The minimum Gasteiger partial charge on any atom is -0.475 e. The minimum absolute atomic E-state index is 0.0576. The van der Waals surface area contributed by atoms with Crippen LogP contribution in [0.15, 0.2) is 64.7 Å². The van der Waals surface area contributed by atoms with Crippen molar-refractivity contribution in [2.75, 3.05) is 24.9 Å². The molecule has 0 aliphatic carbocycles. The fourth-order valence-corrected chi connectivity index (χ4v) is 4.41. The maximum atomic E-state index is 14.2. The number of nitrogens with one attached hydrogen (secondary N) is 2. The first-order valence-corrected chi connectivity index (χ1v) is 12.0. The van der Waals surface area contributed by atoms with E-state index in [-0.39, 0.29) is 23.2 Å². The van der Waals surface area contributed by atoms with Gasteiger partial charge in [0.25, 0.3) is 15.6 Å². The summed E-state index contributed by atoms with van der Waals surface area (Å²) in [6.07, 6.45) is 4.15. The van der Waals surface area contributed by atoms with Crippen LogP contribution in [0.25, 0.3) is 16.8 Å². The number of fused-ring (bicyclic) bond motifs is 1. The molecule has 2 N–H and O–H groups in total. The molecule has 0 unspecified atom stereocenters. The molecular formula is C22H18ClF2N5O4S. The van der Waals surface area contributed by atoms with Crippen LogP contribution in [-0.4, -0.2) is 43.0 Å². The fourth-order valence-electron chi connectivity index (χ4n) is 3.17. The van der Waals surface area contributed by atoms with Crippen LogP contribution in [0.5, 0.6) is 5.88 Å². The van der Waals surface area contributed by atoms with Crippen LogP contribution >= 0.6 is 11.6 Å². The molecule has 4 aromatic rings. The lowest BCUT2D eigenvalue weighted by Crippen LogP contribution is -2.19. The second-order valence-electron chi connectivity index (χ2n) is 7.27. The number of benzene rings is 1. The standard InChI is InChI=1S/C22H18ClF2N5O4S/c1-26-6-7-34-21-18(29-35(32,33)19-4-3-15(24)9-17(19)25)8-14(10-28-21)13-2-5-20-27-11-16(23)22(31)30(20)12-13/h2-5,8-12,26,29H,6-7H2,1H3. The highest BCUT2D eigenvalue weighted by Gasteiger charge is 2.22. The molecule has 0 saturated heterocycles. The maximum absolute atomic E-state index is 14.2. The maximum Gasteiger partial charge on any atom is 0.276 e. The molecule has 3 heterocycles. The number of rotatable bonds is 8. The van der Waals surface area contributed by atoms with Crippen molar-refractivity contribution in [1.29, 1.82) is 0 Å². The van der Waals surface area contributed by atoms with E-state index in [2.05, 4.69) is 20.0 Å². The van der Waals surface area contributed by atoms with Gasteiger partial charge in [0.1, 0.15) is 39.5 Å². The molecule has 4 rings (SSSR count). The molecule has 0 aliphatic rings. The Morgan fingerprint density at radius 3 is 2.63 bits per heavy atom. The SMILES string of the molecule is CNCCOc1ncc(-c2ccc3ncc(Cl)c(=O)n3c2)cc1NS(=O)(=O)c1ccc(F)cc1F. The van der Waals surface area contributed by atoms with Crippen LogP contribution in [0.1, 0.15) is 0 Å². The van der Waals surface area contributed by atoms with Crippen LogP contribution in [0.4, 0.5) is 14.5 Å². The van der Waals surface area contributed by atoms with E-state index < -0.39 is 32.1 Å². The molecule has 182 valence electrons. The quantitative estimate of drug-likeness (QED) is 0.342. The van der Waals surface area contributed by atoms with E-state index in [9.17, 15) is 22.0 Å². The Bertz CT molecular complexity index is 1580. The number of hydrogen-bond acceptors (Lipinski definition) is 7. The highest BCUT2D eigenvalue weighted by Crippen LogP contribution is 2.31. The topological polar surface area (TPSA) is 115 Å². The number of hydrogen-bond donors (Lipinski definition) is 2. The van der Waals surface area contributed by atoms with Gasteiger partial charge in [-0.25, -0.2) is 27.2 Å². The van der Waals surface area contributed by atoms with Crippen LogP contribution < -0.4 is 20.3 Å². The minimum atomic E-state index is -4.47. The first kappa shape index (κ1) is 24.5. The molecule has 0 atom stereocenters. The average molecular weight is 522 g/mol. The van der Waals surface area contributed by atoms with Crippen molar-refractivity contribution < 1.29 is 21.9 Å². The number of anilines is 1. The number of ether oxygens (including phenoxy) is 1. The van der Waals surface area contributed by atoms with Gasteiger partial charge in [-0.1, -0.05) is 11.6 Å². The number of halogens is 3. The van der Waals surface area contributed by atoms with E-state index in [1.54, 1.807) is 19.2 Å². The van der Waals surface area contributed by atoms with Crippen molar-refractivity contribution >= 4 is 33.0 Å². The van der Waals surface area contributed by atoms with Crippen LogP contribution in [0.3, 0.4) is 0 Å². The molecule has 0 saturated carbocycles. The molecule has 0 radical (unpaired) electrons. The molecule has 13 heteroatoms. The summed E-state index contributed by atoms with van der Waals surface area (Å²) >= 11 is 5.89. The van der Waals surface area contributed by atoms with E-state index in [1.165, 1.54) is 29.1 Å². The van der Waals surface area contributed by atoms with E-state index in [4.69, 9.17) is 16.3 Å². The average Bonchev–Trinajstić information content (AvgIpc) is 2.82. The Kier molecular flexibility index (Phi) is 6.96. The lowest BCUT2D eigenvalue weighted by atomic mass is 10.1. The van der Waals surface area contributed by atoms with Crippen LogP contribution in [0, 0.1) is 11.6 Å². The smallest absolute Gasteiger partial charge is 0.276 e. The summed E-state index contributed by atoms with van der Waals surface area (Å²) in [6.45, 7) is 0.613. The first-order valence-electron chi connectivity index (χ1n) is 10.1. The molecule has 0 amide bonds. The van der Waals surface area contributed by atoms with Gasteiger partial charge in [-0.05, 0) is 37.4 Å². The molecule has 0 aliphatic heterocycles. The lowest BCUT2D eigenvalue weighted by Gasteiger charge is -2.15. The molecule has 35 heavy (non-hydrogen) atoms. The summed E-state index contributed by atoms with van der Waals surface area (Å²) in [4.78, 5) is 19.9. The third-order valence-electron chi connectivity index (χ3n) is 4.86. The first-order chi connectivity index (χ1) is 16.7.